The van der Waals surface area contributed by atoms with Gasteiger partial charge >= 0.3 is 0 Å². The van der Waals surface area contributed by atoms with Crippen molar-refractivity contribution in [1.82, 2.24) is 0 Å². The summed E-state index contributed by atoms with van der Waals surface area (Å²) in [5, 5.41) is 0. The van der Waals surface area contributed by atoms with Gasteiger partial charge in [0.1, 0.15) is 5.75 Å². The standard InChI is InChI=1S/C16H19ClO/c1-13-12-16(18-11-9-14-5-6-14)8-7-15(13)4-2-3-10-17/h7-8,12,14H,3,5-6,9-11H2,1H3. The van der Waals surface area contributed by atoms with Gasteiger partial charge in [-0.25, -0.2) is 0 Å². The first-order valence-corrected chi connectivity index (χ1v) is 7.11. The van der Waals surface area contributed by atoms with E-state index in [-0.39, 0.29) is 0 Å². The van der Waals surface area contributed by atoms with Crippen LogP contribution in [0.25, 0.3) is 0 Å². The maximum absolute atomic E-state index is 5.75. The number of halogens is 1. The van der Waals surface area contributed by atoms with Gasteiger partial charge in [-0.1, -0.05) is 24.7 Å². The number of rotatable bonds is 5. The SMILES string of the molecule is Cc1cc(OCCC2CC2)ccc1C#CCCCl. The van der Waals surface area contributed by atoms with Crippen molar-refractivity contribution in [3.05, 3.63) is 29.3 Å². The average Bonchev–Trinajstić information content (AvgIpc) is 3.16. The smallest absolute Gasteiger partial charge is 0.119 e. The number of hydrogen-bond donors (Lipinski definition) is 0. The first kappa shape index (κ1) is 13.3. The lowest BCUT2D eigenvalue weighted by molar-refractivity contribution is 0.302. The minimum atomic E-state index is 0.592. The molecule has 0 heterocycles. The molecule has 1 aromatic carbocycles. The van der Waals surface area contributed by atoms with E-state index < -0.39 is 0 Å². The van der Waals surface area contributed by atoms with Crippen LogP contribution in [-0.2, 0) is 0 Å². The Bertz CT molecular complexity index is 452. The molecule has 0 amide bonds. The molecule has 1 aliphatic rings. The third kappa shape index (κ3) is 4.27. The molecule has 0 saturated heterocycles. The first-order chi connectivity index (χ1) is 8.79. The normalized spacial score (nSPS) is 13.9. The summed E-state index contributed by atoms with van der Waals surface area (Å²) in [6, 6.07) is 6.10. The predicted molar refractivity (Wildman–Crippen MR) is 76.2 cm³/mol. The zero-order valence-electron chi connectivity index (χ0n) is 10.8. The van der Waals surface area contributed by atoms with Crippen molar-refractivity contribution < 1.29 is 4.74 Å². The molecule has 0 aromatic heterocycles. The number of alkyl halides is 1. The van der Waals surface area contributed by atoms with E-state index in [1.165, 1.54) is 24.8 Å². The fourth-order valence-corrected chi connectivity index (χ4v) is 1.92. The monoisotopic (exact) mass is 262 g/mol. The Morgan fingerprint density at radius 2 is 2.22 bits per heavy atom. The van der Waals surface area contributed by atoms with Crippen LogP contribution in [0.15, 0.2) is 18.2 Å². The zero-order valence-corrected chi connectivity index (χ0v) is 11.6. The Kier molecular flexibility index (Phi) is 4.96. The summed E-state index contributed by atoms with van der Waals surface area (Å²) in [5.74, 6) is 8.66. The zero-order chi connectivity index (χ0) is 12.8. The Labute approximate surface area is 114 Å². The van der Waals surface area contributed by atoms with Crippen LogP contribution in [0.1, 0.15) is 36.8 Å². The summed E-state index contributed by atoms with van der Waals surface area (Å²) in [6.45, 7) is 2.90. The van der Waals surface area contributed by atoms with E-state index in [0.29, 0.717) is 5.88 Å². The number of aryl methyl sites for hydroxylation is 1. The van der Waals surface area contributed by atoms with Gasteiger partial charge in [0.25, 0.3) is 0 Å². The van der Waals surface area contributed by atoms with Gasteiger partial charge in [-0.05, 0) is 43.0 Å². The molecule has 1 fully saturated rings. The largest absolute Gasteiger partial charge is 0.494 e. The van der Waals surface area contributed by atoms with Crippen LogP contribution in [-0.4, -0.2) is 12.5 Å². The molecule has 1 aliphatic carbocycles. The second-order valence-corrected chi connectivity index (χ2v) is 5.18. The van der Waals surface area contributed by atoms with Crippen molar-refractivity contribution in [2.24, 2.45) is 5.92 Å². The van der Waals surface area contributed by atoms with Gasteiger partial charge in [-0.15, -0.1) is 11.6 Å². The molecule has 2 heteroatoms. The summed E-state index contributed by atoms with van der Waals surface area (Å²) in [5.41, 5.74) is 2.23. The molecule has 1 saturated carbocycles. The van der Waals surface area contributed by atoms with E-state index in [4.69, 9.17) is 16.3 Å². The minimum absolute atomic E-state index is 0.592. The van der Waals surface area contributed by atoms with E-state index in [1.54, 1.807) is 0 Å². The summed E-state index contributed by atoms with van der Waals surface area (Å²) in [7, 11) is 0. The molecular weight excluding hydrogens is 244 g/mol. The average molecular weight is 263 g/mol. The molecule has 2 rings (SSSR count). The van der Waals surface area contributed by atoms with Gasteiger partial charge in [0, 0.05) is 17.9 Å². The van der Waals surface area contributed by atoms with Crippen LogP contribution in [0.5, 0.6) is 5.75 Å². The lowest BCUT2D eigenvalue weighted by atomic mass is 10.1. The highest BCUT2D eigenvalue weighted by Crippen LogP contribution is 2.32. The van der Waals surface area contributed by atoms with Gasteiger partial charge in [-0.2, -0.15) is 0 Å². The third-order valence-electron chi connectivity index (χ3n) is 3.13. The fourth-order valence-electron chi connectivity index (χ4n) is 1.82. The quantitative estimate of drug-likeness (QED) is 0.572. The summed E-state index contributed by atoms with van der Waals surface area (Å²) >= 11 is 5.60. The van der Waals surface area contributed by atoms with Crippen LogP contribution >= 0.6 is 11.6 Å². The topological polar surface area (TPSA) is 9.23 Å². The molecular formula is C16H19ClO. The molecule has 96 valence electrons. The Morgan fingerprint density at radius 1 is 1.39 bits per heavy atom. The maximum atomic E-state index is 5.75. The summed E-state index contributed by atoms with van der Waals surface area (Å²) < 4.78 is 5.75. The fraction of sp³-hybridized carbons (Fsp3) is 0.500. The van der Waals surface area contributed by atoms with E-state index in [9.17, 15) is 0 Å². The molecule has 0 radical (unpaired) electrons. The number of benzene rings is 1. The third-order valence-corrected chi connectivity index (χ3v) is 3.32. The minimum Gasteiger partial charge on any atom is -0.494 e. The molecule has 1 aromatic rings. The molecule has 0 unspecified atom stereocenters. The predicted octanol–water partition coefficient (Wildman–Crippen LogP) is 4.15. The van der Waals surface area contributed by atoms with Crippen LogP contribution in [0.3, 0.4) is 0 Å². The second-order valence-electron chi connectivity index (χ2n) is 4.80. The van der Waals surface area contributed by atoms with Crippen LogP contribution in [0.2, 0.25) is 0 Å². The highest BCUT2D eigenvalue weighted by Gasteiger charge is 2.20. The molecule has 0 bridgehead atoms. The maximum Gasteiger partial charge on any atom is 0.119 e. The van der Waals surface area contributed by atoms with Gasteiger partial charge in [-0.3, -0.25) is 0 Å². The van der Waals surface area contributed by atoms with Crippen molar-refractivity contribution in [1.29, 1.82) is 0 Å². The highest BCUT2D eigenvalue weighted by molar-refractivity contribution is 6.18. The highest BCUT2D eigenvalue weighted by atomic mass is 35.5. The number of ether oxygens (including phenoxy) is 1. The Morgan fingerprint density at radius 3 is 2.89 bits per heavy atom. The molecule has 0 spiro atoms. The lowest BCUT2D eigenvalue weighted by Crippen LogP contribution is -1.98. The van der Waals surface area contributed by atoms with Gasteiger partial charge in [0.05, 0.1) is 6.61 Å². The van der Waals surface area contributed by atoms with E-state index in [0.717, 1.165) is 30.3 Å². The van der Waals surface area contributed by atoms with Crippen LogP contribution < -0.4 is 4.74 Å². The van der Waals surface area contributed by atoms with Gasteiger partial charge in [0.15, 0.2) is 0 Å². The molecule has 18 heavy (non-hydrogen) atoms. The Balaban J connectivity index is 1.89. The second kappa shape index (κ2) is 6.71. The molecule has 0 N–H and O–H groups in total. The summed E-state index contributed by atoms with van der Waals surface area (Å²) in [6.07, 6.45) is 4.70. The molecule has 0 atom stereocenters. The van der Waals surface area contributed by atoms with Crippen molar-refractivity contribution in [2.75, 3.05) is 12.5 Å². The number of hydrogen-bond acceptors (Lipinski definition) is 1. The molecule has 1 nitrogen and oxygen atoms in total. The van der Waals surface area contributed by atoms with Crippen molar-refractivity contribution in [3.63, 3.8) is 0 Å². The van der Waals surface area contributed by atoms with Crippen molar-refractivity contribution in [2.45, 2.75) is 32.6 Å². The van der Waals surface area contributed by atoms with Crippen molar-refractivity contribution >= 4 is 11.6 Å². The van der Waals surface area contributed by atoms with Gasteiger partial charge < -0.3 is 4.74 Å². The van der Waals surface area contributed by atoms with Crippen LogP contribution in [0.4, 0.5) is 0 Å². The van der Waals surface area contributed by atoms with E-state index in [1.807, 2.05) is 12.1 Å². The van der Waals surface area contributed by atoms with Crippen molar-refractivity contribution in [3.8, 4) is 17.6 Å². The van der Waals surface area contributed by atoms with Crippen LogP contribution in [0, 0.1) is 24.7 Å². The molecule has 0 aliphatic heterocycles. The lowest BCUT2D eigenvalue weighted by Gasteiger charge is -2.07. The summed E-state index contributed by atoms with van der Waals surface area (Å²) in [4.78, 5) is 0. The van der Waals surface area contributed by atoms with E-state index in [2.05, 4.69) is 24.8 Å². The Hall–Kier alpha value is -1.13. The first-order valence-electron chi connectivity index (χ1n) is 6.58. The van der Waals surface area contributed by atoms with E-state index >= 15 is 0 Å². The van der Waals surface area contributed by atoms with Gasteiger partial charge in [0.2, 0.25) is 0 Å².